The first-order chi connectivity index (χ1) is 10.1. The van der Waals surface area contributed by atoms with Crippen molar-refractivity contribution in [3.8, 4) is 0 Å². The van der Waals surface area contributed by atoms with E-state index in [2.05, 4.69) is 15.1 Å². The molecule has 0 spiro atoms. The second-order valence-corrected chi connectivity index (χ2v) is 6.07. The Balaban J connectivity index is 1.55. The maximum atomic E-state index is 11.9. The quantitative estimate of drug-likeness (QED) is 0.566. The summed E-state index contributed by atoms with van der Waals surface area (Å²) < 4.78 is 0. The van der Waals surface area contributed by atoms with E-state index >= 15 is 0 Å². The molecular weight excluding hydrogens is 274 g/mol. The van der Waals surface area contributed by atoms with Gasteiger partial charge in [-0.3, -0.25) is 4.79 Å². The fourth-order valence-corrected chi connectivity index (χ4v) is 3.26. The van der Waals surface area contributed by atoms with Crippen LogP contribution < -0.4 is 5.32 Å². The van der Waals surface area contributed by atoms with Crippen LogP contribution in [0.4, 0.5) is 0 Å². The van der Waals surface area contributed by atoms with Gasteiger partial charge in [0.25, 0.3) is 5.09 Å². The highest BCUT2D eigenvalue weighted by Gasteiger charge is 2.25. The molecule has 2 fully saturated rings. The van der Waals surface area contributed by atoms with Crippen LogP contribution in [0.3, 0.4) is 0 Å². The van der Waals surface area contributed by atoms with Crippen LogP contribution in [0.5, 0.6) is 0 Å². The zero-order chi connectivity index (χ0) is 15.1. The third-order valence-corrected chi connectivity index (χ3v) is 4.45. The molecule has 1 amide bonds. The van der Waals surface area contributed by atoms with Crippen molar-refractivity contribution in [2.45, 2.75) is 51.0 Å². The molecule has 0 aromatic rings. The van der Waals surface area contributed by atoms with Gasteiger partial charge in [0.1, 0.15) is 6.10 Å². The molecule has 1 aliphatic carbocycles. The Morgan fingerprint density at radius 1 is 1.24 bits per heavy atom. The smallest absolute Gasteiger partial charge is 0.294 e. The third-order valence-electron chi connectivity index (χ3n) is 4.45. The molecule has 21 heavy (non-hydrogen) atoms. The first-order valence-electron chi connectivity index (χ1n) is 7.93. The van der Waals surface area contributed by atoms with Crippen molar-refractivity contribution in [1.29, 1.82) is 0 Å². The fourth-order valence-electron chi connectivity index (χ4n) is 3.26. The van der Waals surface area contributed by atoms with Gasteiger partial charge in [0.05, 0.1) is 0 Å². The lowest BCUT2D eigenvalue weighted by atomic mass is 9.85. The molecule has 0 aromatic carbocycles. The molecule has 0 bridgehead atoms. The molecule has 1 saturated heterocycles. The van der Waals surface area contributed by atoms with Gasteiger partial charge in [-0.1, -0.05) is 0 Å². The van der Waals surface area contributed by atoms with Gasteiger partial charge in [-0.05, 0) is 57.5 Å². The van der Waals surface area contributed by atoms with Crippen molar-refractivity contribution in [3.05, 3.63) is 10.1 Å². The van der Waals surface area contributed by atoms with Crippen LogP contribution in [0, 0.1) is 16.0 Å². The van der Waals surface area contributed by atoms with Crippen molar-refractivity contribution in [1.82, 2.24) is 10.2 Å². The zero-order valence-electron chi connectivity index (χ0n) is 12.5. The molecular formula is C14H25N3O4. The number of carbonyl (C=O) groups excluding carboxylic acids is 1. The summed E-state index contributed by atoms with van der Waals surface area (Å²) in [6.45, 7) is 3.96. The lowest BCUT2D eigenvalue weighted by Gasteiger charge is -2.26. The molecule has 7 nitrogen and oxygen atoms in total. The molecule has 1 aliphatic heterocycles. The van der Waals surface area contributed by atoms with E-state index in [1.807, 2.05) is 0 Å². The van der Waals surface area contributed by atoms with E-state index in [9.17, 15) is 14.9 Å². The average Bonchev–Trinajstić information content (AvgIpc) is 2.93. The van der Waals surface area contributed by atoms with Gasteiger partial charge in [0.15, 0.2) is 0 Å². The number of nitrogens with one attached hydrogen (secondary N) is 1. The van der Waals surface area contributed by atoms with Crippen molar-refractivity contribution in [3.63, 3.8) is 0 Å². The van der Waals surface area contributed by atoms with E-state index in [4.69, 9.17) is 0 Å². The van der Waals surface area contributed by atoms with E-state index in [1.165, 1.54) is 12.8 Å². The van der Waals surface area contributed by atoms with Gasteiger partial charge in [0.2, 0.25) is 5.91 Å². The van der Waals surface area contributed by atoms with Crippen LogP contribution in [0.1, 0.15) is 44.9 Å². The van der Waals surface area contributed by atoms with Gasteiger partial charge >= 0.3 is 0 Å². The Hall–Kier alpha value is -1.37. The number of amides is 1. The minimum absolute atomic E-state index is 0.104. The standard InChI is InChI=1S/C14H25N3O4/c18-14(15-7-10-16-8-1-2-9-16)11-12-3-5-13(6-4-12)21-17(19)20/h12-13H,1-11H2,(H,15,18). The summed E-state index contributed by atoms with van der Waals surface area (Å²) in [5.41, 5.74) is 0. The lowest BCUT2D eigenvalue weighted by Crippen LogP contribution is -2.35. The minimum atomic E-state index is -0.712. The summed E-state index contributed by atoms with van der Waals surface area (Å²) in [5, 5.41) is 12.5. The first-order valence-corrected chi connectivity index (χ1v) is 7.93. The second kappa shape index (κ2) is 8.17. The Morgan fingerprint density at radius 3 is 2.52 bits per heavy atom. The van der Waals surface area contributed by atoms with Crippen LogP contribution in [0.2, 0.25) is 0 Å². The molecule has 0 aromatic heterocycles. The van der Waals surface area contributed by atoms with Gasteiger partial charge < -0.3 is 15.1 Å². The Bertz CT molecular complexity index is 350. The largest absolute Gasteiger partial charge is 0.355 e. The van der Waals surface area contributed by atoms with E-state index < -0.39 is 5.09 Å². The third kappa shape index (κ3) is 5.87. The van der Waals surface area contributed by atoms with Gasteiger partial charge in [-0.15, -0.1) is 10.1 Å². The van der Waals surface area contributed by atoms with Gasteiger partial charge in [0, 0.05) is 19.5 Å². The molecule has 1 heterocycles. The molecule has 2 aliphatic rings. The fraction of sp³-hybridized carbons (Fsp3) is 0.929. The van der Waals surface area contributed by atoms with Crippen LogP contribution in [0.25, 0.3) is 0 Å². The van der Waals surface area contributed by atoms with E-state index in [0.717, 1.165) is 39.0 Å². The predicted molar refractivity (Wildman–Crippen MR) is 77.1 cm³/mol. The summed E-state index contributed by atoms with van der Waals surface area (Å²) in [6, 6.07) is 0. The second-order valence-electron chi connectivity index (χ2n) is 6.07. The first kappa shape index (κ1) is 16.0. The van der Waals surface area contributed by atoms with Crippen LogP contribution in [-0.2, 0) is 9.63 Å². The molecule has 2 rings (SSSR count). The van der Waals surface area contributed by atoms with Crippen molar-refractivity contribution in [2.75, 3.05) is 26.2 Å². The molecule has 0 atom stereocenters. The van der Waals surface area contributed by atoms with Crippen LogP contribution >= 0.6 is 0 Å². The van der Waals surface area contributed by atoms with Crippen molar-refractivity contribution in [2.24, 2.45) is 5.92 Å². The summed E-state index contributed by atoms with van der Waals surface area (Å²) in [4.78, 5) is 29.1. The maximum absolute atomic E-state index is 11.9. The average molecular weight is 299 g/mol. The monoisotopic (exact) mass is 299 g/mol. The number of hydrogen-bond acceptors (Lipinski definition) is 5. The highest BCUT2D eigenvalue weighted by atomic mass is 17.0. The summed E-state index contributed by atoms with van der Waals surface area (Å²) in [6.07, 6.45) is 5.79. The number of likely N-dealkylation sites (tertiary alicyclic amines) is 1. The molecule has 120 valence electrons. The van der Waals surface area contributed by atoms with Crippen molar-refractivity contribution < 1.29 is 14.7 Å². The number of nitrogens with zero attached hydrogens (tertiary/aromatic N) is 2. The summed E-state index contributed by atoms with van der Waals surface area (Å²) in [5.74, 6) is 0.441. The Kier molecular flexibility index (Phi) is 6.22. The predicted octanol–water partition coefficient (Wildman–Crippen LogP) is 1.36. The number of hydrogen-bond donors (Lipinski definition) is 1. The van der Waals surface area contributed by atoms with Crippen molar-refractivity contribution >= 4 is 5.91 Å². The normalized spacial score (nSPS) is 26.5. The lowest BCUT2D eigenvalue weighted by molar-refractivity contribution is -0.769. The Labute approximate surface area is 125 Å². The maximum Gasteiger partial charge on any atom is 0.294 e. The summed E-state index contributed by atoms with van der Waals surface area (Å²) in [7, 11) is 0. The summed E-state index contributed by atoms with van der Waals surface area (Å²) >= 11 is 0. The van der Waals surface area contributed by atoms with Gasteiger partial charge in [-0.25, -0.2) is 0 Å². The zero-order valence-corrected chi connectivity index (χ0v) is 12.5. The molecule has 1 saturated carbocycles. The Morgan fingerprint density at radius 2 is 1.90 bits per heavy atom. The highest BCUT2D eigenvalue weighted by molar-refractivity contribution is 5.76. The van der Waals surface area contributed by atoms with E-state index in [0.29, 0.717) is 25.2 Å². The van der Waals surface area contributed by atoms with Crippen LogP contribution in [0.15, 0.2) is 0 Å². The SMILES string of the molecule is O=C(CC1CCC(O[N+](=O)[O-])CC1)NCCN1CCCC1. The number of carbonyl (C=O) groups is 1. The minimum Gasteiger partial charge on any atom is -0.355 e. The number of rotatable bonds is 7. The van der Waals surface area contributed by atoms with Gasteiger partial charge in [-0.2, -0.15) is 0 Å². The molecule has 1 N–H and O–H groups in total. The van der Waals surface area contributed by atoms with Crippen LogP contribution in [-0.4, -0.2) is 48.2 Å². The molecule has 0 radical (unpaired) electrons. The van der Waals surface area contributed by atoms with E-state index in [-0.39, 0.29) is 12.0 Å². The molecule has 0 unspecified atom stereocenters. The highest BCUT2D eigenvalue weighted by Crippen LogP contribution is 2.28. The topological polar surface area (TPSA) is 84.7 Å². The van der Waals surface area contributed by atoms with E-state index in [1.54, 1.807) is 0 Å². The molecule has 7 heteroatoms.